The molecule has 21 heavy (non-hydrogen) atoms. The Morgan fingerprint density at radius 1 is 1.29 bits per heavy atom. The van der Waals surface area contributed by atoms with E-state index in [0.717, 1.165) is 49.2 Å². The number of nitrogens with one attached hydrogen (secondary N) is 1. The van der Waals surface area contributed by atoms with E-state index in [2.05, 4.69) is 18.8 Å². The Balaban J connectivity index is 1.69. The van der Waals surface area contributed by atoms with Crippen molar-refractivity contribution in [3.05, 3.63) is 23.0 Å². The van der Waals surface area contributed by atoms with E-state index in [1.165, 1.54) is 0 Å². The van der Waals surface area contributed by atoms with Crippen LogP contribution in [0.15, 0.2) is 6.20 Å². The van der Waals surface area contributed by atoms with Crippen molar-refractivity contribution in [2.24, 2.45) is 5.41 Å². The van der Waals surface area contributed by atoms with Crippen LogP contribution in [0.4, 0.5) is 0 Å². The summed E-state index contributed by atoms with van der Waals surface area (Å²) in [5, 5.41) is 0. The lowest BCUT2D eigenvalue weighted by Crippen LogP contribution is -2.28. The SMILES string of the molecule is CC1(C)CC(=O)c2c(CCC(=O)N3CCCC3)c[nH]c2C1. The highest BCUT2D eigenvalue weighted by molar-refractivity contribution is 6.00. The fourth-order valence-corrected chi connectivity index (χ4v) is 3.63. The fourth-order valence-electron chi connectivity index (χ4n) is 3.63. The van der Waals surface area contributed by atoms with Crippen LogP contribution >= 0.6 is 0 Å². The van der Waals surface area contributed by atoms with E-state index in [1.54, 1.807) is 0 Å². The molecule has 4 heteroatoms. The van der Waals surface area contributed by atoms with Crippen LogP contribution < -0.4 is 0 Å². The summed E-state index contributed by atoms with van der Waals surface area (Å²) in [5.74, 6) is 0.456. The number of H-pyrrole nitrogens is 1. The molecular weight excluding hydrogens is 264 g/mol. The molecule has 1 fully saturated rings. The minimum atomic E-state index is 0.0393. The zero-order chi connectivity index (χ0) is 15.0. The van der Waals surface area contributed by atoms with E-state index in [4.69, 9.17) is 0 Å². The maximum absolute atomic E-state index is 12.4. The molecule has 0 aromatic carbocycles. The summed E-state index contributed by atoms with van der Waals surface area (Å²) >= 11 is 0. The third-order valence-corrected chi connectivity index (χ3v) is 4.68. The van der Waals surface area contributed by atoms with Gasteiger partial charge < -0.3 is 9.88 Å². The van der Waals surface area contributed by atoms with Gasteiger partial charge in [-0.2, -0.15) is 0 Å². The summed E-state index contributed by atoms with van der Waals surface area (Å²) in [6.07, 6.45) is 6.88. The van der Waals surface area contributed by atoms with Gasteiger partial charge in [-0.3, -0.25) is 9.59 Å². The number of Topliss-reactive ketones (excluding diaryl/α,β-unsaturated/α-hetero) is 1. The first-order valence-electron chi connectivity index (χ1n) is 7.96. The number of amides is 1. The van der Waals surface area contributed by atoms with Crippen LogP contribution in [-0.4, -0.2) is 34.7 Å². The lowest BCUT2D eigenvalue weighted by atomic mass is 9.75. The first kappa shape index (κ1) is 14.4. The molecule has 4 nitrogen and oxygen atoms in total. The van der Waals surface area contributed by atoms with Crippen LogP contribution in [0.2, 0.25) is 0 Å². The fraction of sp³-hybridized carbons (Fsp3) is 0.647. The van der Waals surface area contributed by atoms with Gasteiger partial charge in [-0.15, -0.1) is 0 Å². The third-order valence-electron chi connectivity index (χ3n) is 4.68. The van der Waals surface area contributed by atoms with Crippen LogP contribution in [0.25, 0.3) is 0 Å². The highest BCUT2D eigenvalue weighted by atomic mass is 16.2. The Morgan fingerprint density at radius 3 is 2.71 bits per heavy atom. The maximum atomic E-state index is 12.4. The quantitative estimate of drug-likeness (QED) is 0.929. The summed E-state index contributed by atoms with van der Waals surface area (Å²) in [6.45, 7) is 6.06. The molecule has 0 unspecified atom stereocenters. The Labute approximate surface area is 125 Å². The highest BCUT2D eigenvalue weighted by Gasteiger charge is 2.33. The molecule has 1 amide bonds. The summed E-state index contributed by atoms with van der Waals surface area (Å²) in [5.41, 5.74) is 2.99. The average Bonchev–Trinajstić information content (AvgIpc) is 3.03. The Kier molecular flexibility index (Phi) is 3.64. The van der Waals surface area contributed by atoms with Crippen LogP contribution in [0, 0.1) is 5.41 Å². The number of aryl methyl sites for hydroxylation is 1. The minimum absolute atomic E-state index is 0.0393. The Bertz CT molecular complexity index is 565. The molecule has 1 aliphatic carbocycles. The molecule has 0 atom stereocenters. The van der Waals surface area contributed by atoms with Crippen molar-refractivity contribution in [3.8, 4) is 0 Å². The average molecular weight is 288 g/mol. The largest absolute Gasteiger partial charge is 0.364 e. The van der Waals surface area contributed by atoms with Crippen LogP contribution in [0.3, 0.4) is 0 Å². The van der Waals surface area contributed by atoms with Crippen molar-refractivity contribution in [2.75, 3.05) is 13.1 Å². The van der Waals surface area contributed by atoms with Gasteiger partial charge in [0.15, 0.2) is 5.78 Å². The first-order chi connectivity index (χ1) is 9.96. The van der Waals surface area contributed by atoms with E-state index in [-0.39, 0.29) is 17.1 Å². The molecule has 0 spiro atoms. The number of hydrogen-bond acceptors (Lipinski definition) is 2. The second-order valence-electron chi connectivity index (χ2n) is 7.20. The van der Waals surface area contributed by atoms with E-state index in [1.807, 2.05) is 11.1 Å². The first-order valence-corrected chi connectivity index (χ1v) is 7.96. The van der Waals surface area contributed by atoms with Gasteiger partial charge in [-0.25, -0.2) is 0 Å². The molecule has 1 aromatic rings. The number of rotatable bonds is 3. The topological polar surface area (TPSA) is 53.2 Å². The van der Waals surface area contributed by atoms with Gasteiger partial charge >= 0.3 is 0 Å². The van der Waals surface area contributed by atoms with Crippen molar-refractivity contribution < 1.29 is 9.59 Å². The van der Waals surface area contributed by atoms with E-state index >= 15 is 0 Å². The van der Waals surface area contributed by atoms with Crippen molar-refractivity contribution in [2.45, 2.75) is 52.4 Å². The molecule has 1 N–H and O–H groups in total. The number of aromatic nitrogens is 1. The Hall–Kier alpha value is -1.58. The molecule has 114 valence electrons. The number of fused-ring (bicyclic) bond motifs is 1. The molecule has 1 saturated heterocycles. The minimum Gasteiger partial charge on any atom is -0.364 e. The monoisotopic (exact) mass is 288 g/mol. The predicted molar refractivity (Wildman–Crippen MR) is 81.4 cm³/mol. The van der Waals surface area contributed by atoms with Crippen molar-refractivity contribution >= 4 is 11.7 Å². The standard InChI is InChI=1S/C17H24N2O2/c1-17(2)9-13-16(14(20)10-17)12(11-18-13)5-6-15(21)19-7-3-4-8-19/h11,18H,3-10H2,1-2H3. The van der Waals surface area contributed by atoms with Gasteiger partial charge in [0.25, 0.3) is 0 Å². The van der Waals surface area contributed by atoms with Crippen LogP contribution in [-0.2, 0) is 17.6 Å². The molecular formula is C17H24N2O2. The lowest BCUT2D eigenvalue weighted by molar-refractivity contribution is -0.130. The summed E-state index contributed by atoms with van der Waals surface area (Å²) < 4.78 is 0. The zero-order valence-electron chi connectivity index (χ0n) is 13.0. The number of likely N-dealkylation sites (tertiary alicyclic amines) is 1. The number of aromatic amines is 1. The molecule has 0 radical (unpaired) electrons. The number of ketones is 1. The number of carbonyl (C=O) groups excluding carboxylic acids is 2. The highest BCUT2D eigenvalue weighted by Crippen LogP contribution is 2.35. The molecule has 2 heterocycles. The second-order valence-corrected chi connectivity index (χ2v) is 7.20. The maximum Gasteiger partial charge on any atom is 0.222 e. The summed E-state index contributed by atoms with van der Waals surface area (Å²) in [6, 6.07) is 0. The number of nitrogens with zero attached hydrogens (tertiary/aromatic N) is 1. The van der Waals surface area contributed by atoms with Gasteiger partial charge in [-0.05, 0) is 36.7 Å². The van der Waals surface area contributed by atoms with E-state index in [9.17, 15) is 9.59 Å². The lowest BCUT2D eigenvalue weighted by Gasteiger charge is -2.28. The molecule has 1 aliphatic heterocycles. The van der Waals surface area contributed by atoms with Gasteiger partial charge in [0.2, 0.25) is 5.91 Å². The van der Waals surface area contributed by atoms with Gasteiger partial charge in [0.1, 0.15) is 0 Å². The number of hydrogen-bond donors (Lipinski definition) is 1. The van der Waals surface area contributed by atoms with Crippen molar-refractivity contribution in [1.82, 2.24) is 9.88 Å². The summed E-state index contributed by atoms with van der Waals surface area (Å²) in [4.78, 5) is 29.7. The van der Waals surface area contributed by atoms with Gasteiger partial charge in [0.05, 0.1) is 0 Å². The van der Waals surface area contributed by atoms with Crippen molar-refractivity contribution in [1.29, 1.82) is 0 Å². The summed E-state index contributed by atoms with van der Waals surface area (Å²) in [7, 11) is 0. The second kappa shape index (κ2) is 5.32. The van der Waals surface area contributed by atoms with E-state index < -0.39 is 0 Å². The zero-order valence-corrected chi connectivity index (χ0v) is 13.0. The molecule has 0 bridgehead atoms. The van der Waals surface area contributed by atoms with Crippen molar-refractivity contribution in [3.63, 3.8) is 0 Å². The normalized spacial score (nSPS) is 20.7. The van der Waals surface area contributed by atoms with Crippen LogP contribution in [0.1, 0.15) is 61.1 Å². The predicted octanol–water partition coefficient (Wildman–Crippen LogP) is 2.72. The molecule has 3 rings (SSSR count). The molecule has 0 saturated carbocycles. The van der Waals surface area contributed by atoms with Gasteiger partial charge in [-0.1, -0.05) is 13.8 Å². The van der Waals surface area contributed by atoms with E-state index in [0.29, 0.717) is 19.3 Å². The van der Waals surface area contributed by atoms with Gasteiger partial charge in [0, 0.05) is 43.4 Å². The molecule has 2 aliphatic rings. The smallest absolute Gasteiger partial charge is 0.222 e. The number of carbonyl (C=O) groups is 2. The third kappa shape index (κ3) is 2.89. The molecule has 1 aromatic heterocycles. The Morgan fingerprint density at radius 2 is 2.00 bits per heavy atom. The van der Waals surface area contributed by atoms with Crippen LogP contribution in [0.5, 0.6) is 0 Å².